The molecule has 12 heteroatoms. The number of hydrogen-bond acceptors (Lipinski definition) is 8. The first kappa shape index (κ1) is 77.4. The molecule has 0 atom stereocenters. The van der Waals surface area contributed by atoms with E-state index in [1.807, 2.05) is 0 Å². The molecule has 0 bridgehead atoms. The molecule has 648 valence electrons. The molecule has 0 aliphatic carbocycles. The summed E-state index contributed by atoms with van der Waals surface area (Å²) in [5, 5.41) is 24.1. The molecule has 0 saturated carbocycles. The molecular weight excluding hydrogens is 1710 g/mol. The highest BCUT2D eigenvalue weighted by molar-refractivity contribution is 6.23. The smallest absolute Gasteiger partial charge is 0.167 e. The number of furan rings is 2. The van der Waals surface area contributed by atoms with Gasteiger partial charge in [0.1, 0.15) is 22.3 Å². The van der Waals surface area contributed by atoms with Gasteiger partial charge in [-0.3, -0.25) is 0 Å². The summed E-state index contributed by atoms with van der Waals surface area (Å²) in [5.74, 6) is 3.12. The molecule has 22 aromatic carbocycles. The first-order valence-electron chi connectivity index (χ1n) is 47.4. The van der Waals surface area contributed by atoms with Crippen molar-refractivity contribution in [3.8, 4) is 113 Å². The lowest BCUT2D eigenvalue weighted by Gasteiger charge is -2.14. The highest BCUT2D eigenvalue weighted by atomic mass is 16.3. The van der Waals surface area contributed by atoms with Crippen LogP contribution in [0.2, 0.25) is 0 Å². The van der Waals surface area contributed by atoms with Crippen molar-refractivity contribution in [1.29, 1.82) is 0 Å². The van der Waals surface area contributed by atoms with Gasteiger partial charge in [0.25, 0.3) is 0 Å². The van der Waals surface area contributed by atoms with E-state index < -0.39 is 0 Å². The second kappa shape index (κ2) is 30.2. The second-order valence-corrected chi connectivity index (χ2v) is 36.8. The van der Waals surface area contributed by atoms with Gasteiger partial charge in [0.2, 0.25) is 0 Å². The average Bonchev–Trinajstić information content (AvgIpc) is 1.45. The van der Waals surface area contributed by atoms with Crippen LogP contribution in [-0.4, -0.2) is 48.2 Å². The molecule has 0 saturated heterocycles. The van der Waals surface area contributed by atoms with Gasteiger partial charge in [-0.1, -0.05) is 285 Å². The molecular formula is C128H74N10O2. The lowest BCUT2D eigenvalue weighted by molar-refractivity contribution is 0.669. The fourth-order valence-corrected chi connectivity index (χ4v) is 22.4. The molecule has 0 fully saturated rings. The van der Waals surface area contributed by atoms with Crippen LogP contribution in [0.3, 0.4) is 0 Å². The Kier molecular flexibility index (Phi) is 16.7. The Morgan fingerprint density at radius 1 is 0.150 bits per heavy atom. The van der Waals surface area contributed by atoms with E-state index in [0.29, 0.717) is 46.1 Å². The zero-order valence-electron chi connectivity index (χ0n) is 75.0. The van der Waals surface area contributed by atoms with Crippen molar-refractivity contribution in [3.63, 3.8) is 0 Å². The van der Waals surface area contributed by atoms with Crippen LogP contribution in [0.1, 0.15) is 0 Å². The van der Waals surface area contributed by atoms with Crippen LogP contribution in [0.4, 0.5) is 0 Å². The summed E-state index contributed by atoms with van der Waals surface area (Å²) in [7, 11) is 0. The predicted molar refractivity (Wildman–Crippen MR) is 576 cm³/mol. The summed E-state index contributed by atoms with van der Waals surface area (Å²) >= 11 is 0. The standard InChI is InChI=1S/C128H74N10O2/c1-3-34-90(35-4-1)135-110-45-19-15-40-96(110)101-65-87(55-58-114(101)135)124-129-123(130-127(132-124)108-73-92(71-106-105-64-82-28-8-10-30-84(82)70-119(105)140-121(106)108)137-112-47-21-17-42-98(112)103-63-81-27-7-9-29-83(81)68-116(103)137)78-51-49-75(50-52-78)79-32-23-33-80(61-79)85-53-54-86-69-117-104(67-89(86)62-85)99-43-18-22-48-113(99)138(117)93-72-107-120-95-39-14-12-26-77(95)57-60-118(120)139-122(107)109(74-93)128-133-125(131-126(134-128)100-44-24-31-76-25-11-13-38-94(76)100)88-56-59-115-102(66-88)97-41-16-20-46-111(97)136(115)91-36-5-2-6-37-91/h1-74H. The predicted octanol–water partition coefficient (Wildman–Crippen LogP) is 33.3. The lowest BCUT2D eigenvalue weighted by Crippen LogP contribution is -2.02. The molecule has 0 spiro atoms. The topological polar surface area (TPSA) is 123 Å². The van der Waals surface area contributed by atoms with Gasteiger partial charge in [0, 0.05) is 110 Å². The maximum Gasteiger partial charge on any atom is 0.167 e. The number of benzene rings is 22. The third-order valence-corrected chi connectivity index (χ3v) is 28.9. The highest BCUT2D eigenvalue weighted by Gasteiger charge is 2.29. The first-order chi connectivity index (χ1) is 69.3. The molecule has 0 unspecified atom stereocenters. The van der Waals surface area contributed by atoms with Gasteiger partial charge in [-0.25, -0.2) is 29.9 Å². The highest BCUT2D eigenvalue weighted by Crippen LogP contribution is 2.49. The van der Waals surface area contributed by atoms with Crippen molar-refractivity contribution in [2.45, 2.75) is 0 Å². The van der Waals surface area contributed by atoms with E-state index in [0.717, 1.165) is 241 Å². The second-order valence-electron chi connectivity index (χ2n) is 36.8. The molecule has 30 rings (SSSR count). The minimum absolute atomic E-state index is 0.482. The first-order valence-corrected chi connectivity index (χ1v) is 47.4. The largest absolute Gasteiger partial charge is 0.455 e. The Labute approximate surface area is 798 Å². The summed E-state index contributed by atoms with van der Waals surface area (Å²) < 4.78 is 24.0. The average molecular weight is 1780 g/mol. The van der Waals surface area contributed by atoms with Crippen LogP contribution in [-0.2, 0) is 0 Å². The van der Waals surface area contributed by atoms with E-state index in [4.69, 9.17) is 38.7 Å². The van der Waals surface area contributed by atoms with E-state index in [9.17, 15) is 0 Å². The lowest BCUT2D eigenvalue weighted by atomic mass is 9.96. The Morgan fingerprint density at radius 2 is 0.507 bits per heavy atom. The van der Waals surface area contributed by atoms with Crippen molar-refractivity contribution in [3.05, 3.63) is 449 Å². The Bertz CT molecular complexity index is 10600. The molecule has 8 aromatic heterocycles. The number of para-hydroxylation sites is 6. The number of aromatic nitrogens is 10. The van der Waals surface area contributed by atoms with Crippen LogP contribution >= 0.6 is 0 Å². The fourth-order valence-electron chi connectivity index (χ4n) is 22.4. The molecule has 0 radical (unpaired) electrons. The molecule has 30 aromatic rings. The summed E-state index contributed by atoms with van der Waals surface area (Å²) in [5.41, 5.74) is 24.9. The Hall–Kier alpha value is -19.0. The Morgan fingerprint density at radius 3 is 1.08 bits per heavy atom. The van der Waals surface area contributed by atoms with Gasteiger partial charge < -0.3 is 27.1 Å². The third kappa shape index (κ3) is 12.0. The van der Waals surface area contributed by atoms with Crippen molar-refractivity contribution >= 4 is 185 Å². The molecule has 0 amide bonds. The van der Waals surface area contributed by atoms with Crippen molar-refractivity contribution in [1.82, 2.24) is 48.2 Å². The van der Waals surface area contributed by atoms with Crippen molar-refractivity contribution in [2.24, 2.45) is 0 Å². The molecule has 12 nitrogen and oxygen atoms in total. The van der Waals surface area contributed by atoms with Gasteiger partial charge in [0.15, 0.2) is 34.9 Å². The maximum atomic E-state index is 7.26. The van der Waals surface area contributed by atoms with E-state index >= 15 is 0 Å². The van der Waals surface area contributed by atoms with Crippen molar-refractivity contribution in [2.75, 3.05) is 0 Å². The van der Waals surface area contributed by atoms with Gasteiger partial charge >= 0.3 is 0 Å². The van der Waals surface area contributed by atoms with E-state index in [2.05, 4.69) is 467 Å². The van der Waals surface area contributed by atoms with Crippen LogP contribution in [0.15, 0.2) is 458 Å². The molecule has 0 aliphatic heterocycles. The SMILES string of the molecule is c1ccc(-n2c3ccccc3c3cc(-c4nc(-c5ccc(-c6cccc(-c7ccc8cc9c(cc8c7)c7ccccc7n9-c7cc(-c8nc(-c9ccc%10c(c9)c9ccccc9n%10-c9ccccc9)nc(-c9cccc%10ccccc9%10)n8)c8oc9ccc%10ccccc%10c9c8c7)c6)cc5)nc(-c5cc(-n6c7ccccc7c7cc8ccccc8cc76)cc6c5oc5cc7ccccc7cc56)n4)ccc32)cc1. The van der Waals surface area contributed by atoms with E-state index in [1.165, 1.54) is 10.8 Å². The van der Waals surface area contributed by atoms with E-state index in [1.54, 1.807) is 0 Å². The molecule has 0 N–H and O–H groups in total. The van der Waals surface area contributed by atoms with Gasteiger partial charge in [0.05, 0.1) is 55.3 Å². The normalized spacial score (nSPS) is 12.1. The number of hydrogen-bond donors (Lipinski definition) is 0. The van der Waals surface area contributed by atoms with Crippen molar-refractivity contribution < 1.29 is 8.83 Å². The minimum Gasteiger partial charge on any atom is -0.455 e. The van der Waals surface area contributed by atoms with Crippen LogP contribution in [0, 0.1) is 0 Å². The van der Waals surface area contributed by atoms with Crippen LogP contribution < -0.4 is 0 Å². The monoisotopic (exact) mass is 1780 g/mol. The van der Waals surface area contributed by atoms with Crippen LogP contribution in [0.5, 0.6) is 0 Å². The van der Waals surface area contributed by atoms with E-state index in [-0.39, 0.29) is 0 Å². The Balaban J connectivity index is 0.552. The molecule has 140 heavy (non-hydrogen) atoms. The minimum atomic E-state index is 0.482. The fraction of sp³-hybridized carbons (Fsp3) is 0. The zero-order valence-corrected chi connectivity index (χ0v) is 75.0. The third-order valence-electron chi connectivity index (χ3n) is 28.9. The number of nitrogens with zero attached hydrogens (tertiary/aromatic N) is 10. The summed E-state index contributed by atoms with van der Waals surface area (Å²) in [6, 6.07) is 161. The summed E-state index contributed by atoms with van der Waals surface area (Å²) in [6.45, 7) is 0. The number of fused-ring (bicyclic) bond motifs is 24. The van der Waals surface area contributed by atoms with Crippen LogP contribution in [0.25, 0.3) is 298 Å². The quantitative estimate of drug-likeness (QED) is 0.118. The number of rotatable bonds is 12. The van der Waals surface area contributed by atoms with Gasteiger partial charge in [-0.15, -0.1) is 0 Å². The molecule has 0 aliphatic rings. The summed E-state index contributed by atoms with van der Waals surface area (Å²) in [4.78, 5) is 33.6. The maximum absolute atomic E-state index is 7.26. The van der Waals surface area contributed by atoms with Gasteiger partial charge in [-0.2, -0.15) is 0 Å². The summed E-state index contributed by atoms with van der Waals surface area (Å²) in [6.07, 6.45) is 0. The van der Waals surface area contributed by atoms with Gasteiger partial charge in [-0.05, 0) is 240 Å². The zero-order chi connectivity index (χ0) is 91.5. The molecule has 8 heterocycles.